The van der Waals surface area contributed by atoms with Gasteiger partial charge in [0.2, 0.25) is 11.8 Å². The van der Waals surface area contributed by atoms with Crippen LogP contribution in [-0.2, 0) is 9.59 Å². The summed E-state index contributed by atoms with van der Waals surface area (Å²) in [4.78, 5) is 22.0. The highest BCUT2D eigenvalue weighted by atomic mass is 16.4. The van der Waals surface area contributed by atoms with Gasteiger partial charge in [0.15, 0.2) is 6.23 Å². The van der Waals surface area contributed by atoms with Crippen molar-refractivity contribution in [2.45, 2.75) is 51.4 Å². The van der Waals surface area contributed by atoms with Gasteiger partial charge in [-0.25, -0.2) is 5.01 Å². The first-order valence-corrected chi connectivity index (χ1v) is 5.57. The molecule has 1 unspecified atom stereocenters. The van der Waals surface area contributed by atoms with E-state index in [0.717, 1.165) is 13.8 Å². The lowest BCUT2D eigenvalue weighted by Gasteiger charge is -2.33. The maximum atomic E-state index is 11.2. The zero-order valence-electron chi connectivity index (χ0n) is 10.9. The molecule has 0 aliphatic carbocycles. The predicted octanol–water partition coefficient (Wildman–Crippen LogP) is -3.33. The van der Waals surface area contributed by atoms with Gasteiger partial charge in [0.05, 0.1) is 6.10 Å². The van der Waals surface area contributed by atoms with Crippen molar-refractivity contribution in [3.05, 3.63) is 0 Å². The Kier molecular flexibility index (Phi) is 6.87. The molecule has 0 spiro atoms. The Bertz CT molecular complexity index is 323. The number of carbonyl (C=O) groups excluding carboxylic acids is 2. The van der Waals surface area contributed by atoms with E-state index in [1.807, 2.05) is 5.43 Å². The maximum Gasteiger partial charge on any atom is 0.240 e. The van der Waals surface area contributed by atoms with Crippen LogP contribution < -0.4 is 5.43 Å². The lowest BCUT2D eigenvalue weighted by Crippen LogP contribution is -2.59. The molecule has 6 N–H and O–H groups in total. The summed E-state index contributed by atoms with van der Waals surface area (Å²) in [5.41, 5.74) is 1.96. The van der Waals surface area contributed by atoms with E-state index >= 15 is 0 Å². The van der Waals surface area contributed by atoms with E-state index in [0.29, 0.717) is 5.01 Å². The lowest BCUT2D eigenvalue weighted by atomic mass is 10.0. The Morgan fingerprint density at radius 1 is 0.947 bits per heavy atom. The number of hydrazine groups is 1. The fourth-order valence-corrected chi connectivity index (χ4v) is 1.32. The van der Waals surface area contributed by atoms with Crippen molar-refractivity contribution in [3.63, 3.8) is 0 Å². The molecule has 0 aliphatic rings. The summed E-state index contributed by atoms with van der Waals surface area (Å²) >= 11 is 0. The van der Waals surface area contributed by atoms with Gasteiger partial charge in [-0.2, -0.15) is 0 Å². The highest BCUT2D eigenvalue weighted by Gasteiger charge is 2.36. The van der Waals surface area contributed by atoms with Crippen LogP contribution >= 0.6 is 0 Å². The Morgan fingerprint density at radius 3 is 1.74 bits per heavy atom. The number of hydrogen-bond donors (Lipinski definition) is 6. The Labute approximate surface area is 110 Å². The van der Waals surface area contributed by atoms with Gasteiger partial charge in [0, 0.05) is 13.8 Å². The molecule has 0 radical (unpaired) electrons. The molecule has 112 valence electrons. The minimum absolute atomic E-state index is 0.408. The standard InChI is InChI=1S/C10H20N2O7/c1-4(13)7(16)8(17)9(18)10(19)12(6(3)15)11-5(2)14/h4,7-10,13,16-19H,1-3H3,(H,11,14)/t4-,7-,8+,9+,10?/m1/s1. The predicted molar refractivity (Wildman–Crippen MR) is 62.0 cm³/mol. The summed E-state index contributed by atoms with van der Waals surface area (Å²) in [5, 5.41) is 47.7. The van der Waals surface area contributed by atoms with Crippen molar-refractivity contribution in [2.75, 3.05) is 0 Å². The molecule has 0 fully saturated rings. The summed E-state index contributed by atoms with van der Waals surface area (Å²) in [6.45, 7) is 3.27. The van der Waals surface area contributed by atoms with Crippen molar-refractivity contribution >= 4 is 11.8 Å². The molecule has 0 heterocycles. The summed E-state index contributed by atoms with van der Waals surface area (Å²) in [6, 6.07) is 0. The average molecular weight is 280 g/mol. The molecule has 0 aromatic rings. The van der Waals surface area contributed by atoms with Crippen LogP contribution in [0.3, 0.4) is 0 Å². The van der Waals surface area contributed by atoms with Gasteiger partial charge in [0.25, 0.3) is 0 Å². The number of aliphatic hydroxyl groups excluding tert-OH is 5. The molecule has 2 amide bonds. The topological polar surface area (TPSA) is 151 Å². The van der Waals surface area contributed by atoms with Crippen molar-refractivity contribution in [3.8, 4) is 0 Å². The van der Waals surface area contributed by atoms with E-state index in [-0.39, 0.29) is 0 Å². The Morgan fingerprint density at radius 2 is 1.42 bits per heavy atom. The molecule has 9 heteroatoms. The summed E-state index contributed by atoms with van der Waals surface area (Å²) < 4.78 is 0. The number of hydrogen-bond acceptors (Lipinski definition) is 7. The Hall–Kier alpha value is -1.26. The van der Waals surface area contributed by atoms with Crippen molar-refractivity contribution in [1.29, 1.82) is 0 Å². The van der Waals surface area contributed by atoms with Crippen LogP contribution in [0.4, 0.5) is 0 Å². The van der Waals surface area contributed by atoms with E-state index in [2.05, 4.69) is 0 Å². The van der Waals surface area contributed by atoms with Crippen LogP contribution in [0.15, 0.2) is 0 Å². The number of aliphatic hydroxyl groups is 5. The third-order valence-corrected chi connectivity index (χ3v) is 2.38. The molecular weight excluding hydrogens is 260 g/mol. The van der Waals surface area contributed by atoms with Crippen molar-refractivity contribution < 1.29 is 35.1 Å². The van der Waals surface area contributed by atoms with Gasteiger partial charge in [-0.1, -0.05) is 0 Å². The normalized spacial score (nSPS) is 18.9. The van der Waals surface area contributed by atoms with Gasteiger partial charge >= 0.3 is 0 Å². The molecule has 0 saturated carbocycles. The molecule has 0 aliphatic heterocycles. The summed E-state index contributed by atoms with van der Waals surface area (Å²) in [7, 11) is 0. The largest absolute Gasteiger partial charge is 0.391 e. The fraction of sp³-hybridized carbons (Fsp3) is 0.800. The molecule has 0 aromatic heterocycles. The first-order chi connectivity index (χ1) is 8.59. The Balaban J connectivity index is 4.88. The van der Waals surface area contributed by atoms with E-state index in [4.69, 9.17) is 5.11 Å². The second-order valence-electron chi connectivity index (χ2n) is 4.18. The molecule has 5 atom stereocenters. The minimum Gasteiger partial charge on any atom is -0.391 e. The van der Waals surface area contributed by atoms with Gasteiger partial charge in [-0.3, -0.25) is 15.0 Å². The third kappa shape index (κ3) is 5.09. The van der Waals surface area contributed by atoms with Crippen molar-refractivity contribution in [1.82, 2.24) is 10.4 Å². The first-order valence-electron chi connectivity index (χ1n) is 5.57. The molecule has 9 nitrogen and oxygen atoms in total. The summed E-state index contributed by atoms with van der Waals surface area (Å²) in [6.07, 6.45) is -8.96. The first kappa shape index (κ1) is 17.7. The average Bonchev–Trinajstić information content (AvgIpc) is 2.31. The van der Waals surface area contributed by atoms with Crippen LogP contribution in [-0.4, -0.2) is 73.0 Å². The van der Waals surface area contributed by atoms with Crippen LogP contribution in [0.1, 0.15) is 20.8 Å². The number of amides is 2. The molecule has 0 aromatic carbocycles. The second-order valence-corrected chi connectivity index (χ2v) is 4.18. The molecule has 0 bridgehead atoms. The number of rotatable bonds is 5. The van der Waals surface area contributed by atoms with Crippen LogP contribution in [0, 0.1) is 0 Å². The molecule has 19 heavy (non-hydrogen) atoms. The smallest absolute Gasteiger partial charge is 0.240 e. The van der Waals surface area contributed by atoms with E-state index in [1.165, 1.54) is 6.92 Å². The fourth-order valence-electron chi connectivity index (χ4n) is 1.32. The lowest BCUT2D eigenvalue weighted by molar-refractivity contribution is -0.185. The maximum absolute atomic E-state index is 11.2. The van der Waals surface area contributed by atoms with Crippen LogP contribution in [0.2, 0.25) is 0 Å². The van der Waals surface area contributed by atoms with Crippen molar-refractivity contribution in [2.24, 2.45) is 0 Å². The van der Waals surface area contributed by atoms with Gasteiger partial charge in [-0.15, -0.1) is 0 Å². The SMILES string of the molecule is CC(=O)NN(C(C)=O)C(O)[C@@H](O)[C@@H](O)[C@H](O)[C@@H](C)O. The third-order valence-electron chi connectivity index (χ3n) is 2.38. The van der Waals surface area contributed by atoms with Gasteiger partial charge < -0.3 is 25.5 Å². The second kappa shape index (κ2) is 7.36. The molecule has 0 saturated heterocycles. The quantitative estimate of drug-likeness (QED) is 0.228. The molecular formula is C10H20N2O7. The van der Waals surface area contributed by atoms with Gasteiger partial charge in [-0.05, 0) is 6.92 Å². The summed E-state index contributed by atoms with van der Waals surface area (Å²) in [5.74, 6) is -1.47. The molecule has 0 rings (SSSR count). The van der Waals surface area contributed by atoms with E-state index < -0.39 is 42.5 Å². The van der Waals surface area contributed by atoms with Gasteiger partial charge in [0.1, 0.15) is 18.3 Å². The number of nitrogens with one attached hydrogen (secondary N) is 1. The highest BCUT2D eigenvalue weighted by Crippen LogP contribution is 2.10. The monoisotopic (exact) mass is 280 g/mol. The van der Waals surface area contributed by atoms with Crippen LogP contribution in [0.25, 0.3) is 0 Å². The highest BCUT2D eigenvalue weighted by molar-refractivity contribution is 5.79. The minimum atomic E-state index is -1.99. The van der Waals surface area contributed by atoms with Crippen LogP contribution in [0.5, 0.6) is 0 Å². The zero-order chi connectivity index (χ0) is 15.3. The van der Waals surface area contributed by atoms with E-state index in [9.17, 15) is 30.0 Å². The number of nitrogens with zero attached hydrogens (tertiary/aromatic N) is 1. The number of carbonyl (C=O) groups is 2. The van der Waals surface area contributed by atoms with E-state index in [1.54, 1.807) is 0 Å². The zero-order valence-corrected chi connectivity index (χ0v) is 10.9.